The Bertz CT molecular complexity index is 1320. The second kappa shape index (κ2) is 12.3. The van der Waals surface area contributed by atoms with E-state index >= 15 is 0 Å². The third-order valence-corrected chi connectivity index (χ3v) is 9.08. The van der Waals surface area contributed by atoms with Gasteiger partial charge in [0.15, 0.2) is 0 Å². The number of aromatic nitrogens is 1. The van der Waals surface area contributed by atoms with Gasteiger partial charge in [-0.05, 0) is 72.9 Å². The average molecular weight is 596 g/mol. The Morgan fingerprint density at radius 1 is 0.951 bits per heavy atom. The fourth-order valence-corrected chi connectivity index (χ4v) is 6.87. The van der Waals surface area contributed by atoms with Crippen LogP contribution in [0.4, 0.5) is 4.79 Å². The molecule has 2 atom stereocenters. The van der Waals surface area contributed by atoms with E-state index in [1.54, 1.807) is 0 Å². The first-order chi connectivity index (χ1) is 19.5. The summed E-state index contributed by atoms with van der Waals surface area (Å²) in [6.45, 7) is 7.36. The highest BCUT2D eigenvalue weighted by atomic mass is 35.5. The molecule has 218 valence electrons. The highest BCUT2D eigenvalue weighted by molar-refractivity contribution is 6.32. The van der Waals surface area contributed by atoms with E-state index in [9.17, 15) is 9.90 Å². The average Bonchev–Trinajstić information content (AvgIpc) is 3.19. The van der Waals surface area contributed by atoms with Crippen molar-refractivity contribution >= 4 is 29.2 Å². The summed E-state index contributed by atoms with van der Waals surface area (Å²) >= 11 is 13.5. The standard InChI is InChI=1S/C33H40Cl2N4O2/c1-32(2,3)17-18-36-31(40)37-21-22-9-8-14-29(38-22)33(41)19-23-15-16-24(20-33)39(23)30(25-10-4-6-12-27(25)34)26-11-5-7-13-28(26)35/h4-14,23-24,30,41H,15-21H2,1-3H3,(H2,36,37,40). The number of halogens is 2. The molecular weight excluding hydrogens is 555 g/mol. The van der Waals surface area contributed by atoms with Crippen molar-refractivity contribution in [2.24, 2.45) is 5.41 Å². The van der Waals surface area contributed by atoms with Crippen LogP contribution in [0, 0.1) is 5.41 Å². The van der Waals surface area contributed by atoms with Gasteiger partial charge in [0, 0.05) is 28.7 Å². The summed E-state index contributed by atoms with van der Waals surface area (Å²) < 4.78 is 0. The molecule has 0 saturated carbocycles. The Labute approximate surface area is 253 Å². The zero-order valence-corrected chi connectivity index (χ0v) is 25.6. The summed E-state index contributed by atoms with van der Waals surface area (Å²) in [4.78, 5) is 19.6. The molecule has 3 N–H and O–H groups in total. The number of carbonyl (C=O) groups is 1. The van der Waals surface area contributed by atoms with E-state index in [0.717, 1.165) is 36.1 Å². The SMILES string of the molecule is CC(C)(C)CCNC(=O)NCc1cccc(C2(O)CC3CCC(C2)N3C(c2ccccc2Cl)c2ccccc2Cl)n1. The van der Waals surface area contributed by atoms with E-state index in [-0.39, 0.29) is 29.6 Å². The summed E-state index contributed by atoms with van der Waals surface area (Å²) in [7, 11) is 0. The number of nitrogens with zero attached hydrogens (tertiary/aromatic N) is 2. The number of benzene rings is 2. The van der Waals surface area contributed by atoms with Crippen molar-refractivity contribution in [2.45, 2.75) is 83.1 Å². The molecule has 2 fully saturated rings. The van der Waals surface area contributed by atoms with Gasteiger partial charge in [0.25, 0.3) is 0 Å². The number of aliphatic hydroxyl groups is 1. The van der Waals surface area contributed by atoms with Crippen molar-refractivity contribution in [3.8, 4) is 0 Å². The molecule has 2 aromatic carbocycles. The first-order valence-electron chi connectivity index (χ1n) is 14.5. The van der Waals surface area contributed by atoms with E-state index in [1.165, 1.54) is 0 Å². The second-order valence-electron chi connectivity index (χ2n) is 12.7. The first kappa shape index (κ1) is 29.8. The van der Waals surface area contributed by atoms with Crippen LogP contribution >= 0.6 is 23.2 Å². The van der Waals surface area contributed by atoms with Crippen molar-refractivity contribution in [2.75, 3.05) is 6.54 Å². The van der Waals surface area contributed by atoms with Gasteiger partial charge in [-0.3, -0.25) is 9.88 Å². The van der Waals surface area contributed by atoms with Gasteiger partial charge in [0.1, 0.15) is 5.60 Å². The van der Waals surface area contributed by atoms with Crippen molar-refractivity contribution in [1.82, 2.24) is 20.5 Å². The number of rotatable bonds is 8. The third-order valence-electron chi connectivity index (χ3n) is 8.39. The fourth-order valence-electron chi connectivity index (χ4n) is 6.39. The Kier molecular flexibility index (Phi) is 8.95. The molecule has 2 aliphatic heterocycles. The van der Waals surface area contributed by atoms with Gasteiger partial charge in [0.05, 0.1) is 24.0 Å². The Hall–Kier alpha value is -2.64. The maximum Gasteiger partial charge on any atom is 0.315 e. The van der Waals surface area contributed by atoms with Crippen molar-refractivity contribution < 1.29 is 9.90 Å². The number of hydrogen-bond acceptors (Lipinski definition) is 4. The molecule has 2 bridgehead atoms. The van der Waals surface area contributed by atoms with Crippen molar-refractivity contribution in [3.05, 3.63) is 99.3 Å². The van der Waals surface area contributed by atoms with E-state index in [1.807, 2.05) is 54.6 Å². The molecule has 6 nitrogen and oxygen atoms in total. The zero-order chi connectivity index (χ0) is 29.2. The van der Waals surface area contributed by atoms with Crippen LogP contribution in [0.5, 0.6) is 0 Å². The first-order valence-corrected chi connectivity index (χ1v) is 15.3. The van der Waals surface area contributed by atoms with Crippen molar-refractivity contribution in [3.63, 3.8) is 0 Å². The number of amides is 2. The van der Waals surface area contributed by atoms with Gasteiger partial charge in [0.2, 0.25) is 0 Å². The lowest BCUT2D eigenvalue weighted by atomic mass is 9.81. The smallest absolute Gasteiger partial charge is 0.315 e. The Morgan fingerprint density at radius 3 is 2.10 bits per heavy atom. The molecule has 8 heteroatoms. The highest BCUT2D eigenvalue weighted by Gasteiger charge is 2.51. The minimum absolute atomic E-state index is 0.111. The number of nitrogens with one attached hydrogen (secondary N) is 2. The monoisotopic (exact) mass is 594 g/mol. The van der Waals surface area contributed by atoms with E-state index in [2.05, 4.69) is 48.4 Å². The molecule has 2 amide bonds. The third kappa shape index (κ3) is 6.89. The quantitative estimate of drug-likeness (QED) is 0.257. The molecule has 2 aliphatic rings. The molecule has 0 spiro atoms. The summed E-state index contributed by atoms with van der Waals surface area (Å²) in [5.41, 5.74) is 2.54. The number of fused-ring (bicyclic) bond motifs is 2. The molecule has 0 radical (unpaired) electrons. The second-order valence-corrected chi connectivity index (χ2v) is 13.5. The molecule has 5 rings (SSSR count). The van der Waals surface area contributed by atoms with Crippen LogP contribution in [0.25, 0.3) is 0 Å². The summed E-state index contributed by atoms with van der Waals surface area (Å²) in [5, 5.41) is 19.3. The number of carbonyl (C=O) groups excluding carboxylic acids is 1. The van der Waals surface area contributed by atoms with Crippen LogP contribution in [-0.4, -0.2) is 39.6 Å². The van der Waals surface area contributed by atoms with Crippen molar-refractivity contribution in [1.29, 1.82) is 0 Å². The number of urea groups is 1. The van der Waals surface area contributed by atoms with Gasteiger partial charge in [-0.15, -0.1) is 0 Å². The maximum atomic E-state index is 12.3. The minimum Gasteiger partial charge on any atom is -0.383 e. The topological polar surface area (TPSA) is 77.5 Å². The van der Waals surface area contributed by atoms with E-state index in [0.29, 0.717) is 41.7 Å². The van der Waals surface area contributed by atoms with Gasteiger partial charge in [-0.25, -0.2) is 4.79 Å². The maximum absolute atomic E-state index is 12.3. The summed E-state index contributed by atoms with van der Waals surface area (Å²) in [5.74, 6) is 0. The predicted molar refractivity (Wildman–Crippen MR) is 165 cm³/mol. The van der Waals surface area contributed by atoms with Gasteiger partial charge < -0.3 is 15.7 Å². The molecule has 3 aromatic rings. The van der Waals surface area contributed by atoms with Crippen LogP contribution in [0.3, 0.4) is 0 Å². The molecule has 2 unspecified atom stereocenters. The Balaban J connectivity index is 1.33. The molecule has 41 heavy (non-hydrogen) atoms. The number of hydrogen-bond donors (Lipinski definition) is 3. The summed E-state index contributed by atoms with van der Waals surface area (Å²) in [6.07, 6.45) is 3.98. The van der Waals surface area contributed by atoms with Crippen LogP contribution < -0.4 is 10.6 Å². The van der Waals surface area contributed by atoms with Gasteiger partial charge >= 0.3 is 6.03 Å². The lowest BCUT2D eigenvalue weighted by molar-refractivity contribution is -0.0685. The van der Waals surface area contributed by atoms with Crippen LogP contribution in [0.1, 0.15) is 81.4 Å². The van der Waals surface area contributed by atoms with Gasteiger partial charge in [-0.2, -0.15) is 0 Å². The van der Waals surface area contributed by atoms with E-state index in [4.69, 9.17) is 28.2 Å². The number of piperidine rings is 1. The molecule has 1 aromatic heterocycles. The molecule has 2 saturated heterocycles. The van der Waals surface area contributed by atoms with Crippen LogP contribution in [-0.2, 0) is 12.1 Å². The summed E-state index contributed by atoms with van der Waals surface area (Å²) in [6, 6.07) is 21.6. The highest BCUT2D eigenvalue weighted by Crippen LogP contribution is 2.51. The van der Waals surface area contributed by atoms with Gasteiger partial charge in [-0.1, -0.05) is 86.4 Å². The zero-order valence-electron chi connectivity index (χ0n) is 24.0. The number of pyridine rings is 1. The van der Waals surface area contributed by atoms with E-state index < -0.39 is 5.60 Å². The predicted octanol–water partition coefficient (Wildman–Crippen LogP) is 7.23. The lowest BCUT2D eigenvalue weighted by Gasteiger charge is -2.47. The van der Waals surface area contributed by atoms with Crippen LogP contribution in [0.15, 0.2) is 66.7 Å². The lowest BCUT2D eigenvalue weighted by Crippen LogP contribution is -2.51. The normalized spacial score (nSPS) is 22.6. The molecule has 0 aliphatic carbocycles. The van der Waals surface area contributed by atoms with Crippen LogP contribution in [0.2, 0.25) is 10.0 Å². The fraction of sp³-hybridized carbons (Fsp3) is 0.455. The largest absolute Gasteiger partial charge is 0.383 e. The molecular formula is C33H40Cl2N4O2. The molecule has 3 heterocycles. The Morgan fingerprint density at radius 2 is 1.54 bits per heavy atom. The minimum atomic E-state index is -1.06.